The molecule has 0 saturated heterocycles. The first-order chi connectivity index (χ1) is 8.45. The largest absolute Gasteiger partial charge is 0.466 e. The molecular formula is C11H15ClN2O3S. The minimum atomic E-state index is -0.343. The van der Waals surface area contributed by atoms with Gasteiger partial charge in [0.15, 0.2) is 0 Å². The average Bonchev–Trinajstić information content (AvgIpc) is 2.30. The van der Waals surface area contributed by atoms with Gasteiger partial charge >= 0.3 is 5.97 Å². The highest BCUT2D eigenvalue weighted by molar-refractivity contribution is 8.00. The van der Waals surface area contributed by atoms with Crippen molar-refractivity contribution in [2.75, 3.05) is 6.61 Å². The number of nitrogens with zero attached hydrogens (tertiary/aromatic N) is 2. The molecular weight excluding hydrogens is 276 g/mol. The first-order valence-corrected chi connectivity index (χ1v) is 6.75. The van der Waals surface area contributed by atoms with Gasteiger partial charge in [0.25, 0.3) is 5.56 Å². The number of hydrogen-bond donors (Lipinski definition) is 0. The van der Waals surface area contributed by atoms with Crippen molar-refractivity contribution in [3.8, 4) is 0 Å². The fraction of sp³-hybridized carbons (Fsp3) is 0.545. The molecule has 0 bridgehead atoms. The lowest BCUT2D eigenvalue weighted by Gasteiger charge is -2.11. The van der Waals surface area contributed by atoms with E-state index in [1.165, 1.54) is 29.7 Å². The van der Waals surface area contributed by atoms with Crippen molar-refractivity contribution in [3.05, 3.63) is 21.6 Å². The molecule has 0 aliphatic carbocycles. The van der Waals surface area contributed by atoms with Crippen LogP contribution in [0.1, 0.15) is 20.3 Å². The van der Waals surface area contributed by atoms with E-state index in [4.69, 9.17) is 16.3 Å². The van der Waals surface area contributed by atoms with Gasteiger partial charge in [0.1, 0.15) is 5.02 Å². The van der Waals surface area contributed by atoms with E-state index in [0.717, 1.165) is 0 Å². The Morgan fingerprint density at radius 3 is 2.94 bits per heavy atom. The van der Waals surface area contributed by atoms with Gasteiger partial charge in [-0.2, -0.15) is 5.10 Å². The van der Waals surface area contributed by atoms with Crippen LogP contribution in [0.15, 0.2) is 15.9 Å². The standard InChI is InChI=1S/C11H15ClN2O3S/c1-4-17-9(15)5-7(2)18-8-6-13-14(3)11(16)10(8)12/h6-7H,4-5H2,1-3H3. The number of rotatable bonds is 5. The average molecular weight is 291 g/mol. The summed E-state index contributed by atoms with van der Waals surface area (Å²) in [5.74, 6) is -0.259. The Bertz CT molecular complexity index is 490. The molecule has 0 aliphatic heterocycles. The number of aryl methyl sites for hydroxylation is 1. The first kappa shape index (κ1) is 15.0. The van der Waals surface area contributed by atoms with Crippen molar-refractivity contribution >= 4 is 29.3 Å². The normalized spacial score (nSPS) is 12.2. The molecule has 0 spiro atoms. The number of carbonyl (C=O) groups excluding carboxylic acids is 1. The zero-order chi connectivity index (χ0) is 13.7. The smallest absolute Gasteiger partial charge is 0.306 e. The Morgan fingerprint density at radius 1 is 1.67 bits per heavy atom. The second-order valence-electron chi connectivity index (χ2n) is 3.69. The molecule has 1 heterocycles. The molecule has 1 aromatic rings. The predicted octanol–water partition coefficient (Wildman–Crippen LogP) is 1.87. The fourth-order valence-electron chi connectivity index (χ4n) is 1.29. The summed E-state index contributed by atoms with van der Waals surface area (Å²) in [7, 11) is 1.53. The van der Waals surface area contributed by atoms with E-state index < -0.39 is 0 Å². The lowest BCUT2D eigenvalue weighted by molar-refractivity contribution is -0.142. The fourth-order valence-corrected chi connectivity index (χ4v) is 2.55. The van der Waals surface area contributed by atoms with Crippen molar-refractivity contribution < 1.29 is 9.53 Å². The molecule has 5 nitrogen and oxygen atoms in total. The minimum absolute atomic E-state index is 0.0320. The molecule has 0 amide bonds. The lowest BCUT2D eigenvalue weighted by atomic mass is 10.3. The third-order valence-corrected chi connectivity index (χ3v) is 3.74. The van der Waals surface area contributed by atoms with Crippen molar-refractivity contribution in [2.24, 2.45) is 7.05 Å². The topological polar surface area (TPSA) is 61.2 Å². The zero-order valence-electron chi connectivity index (χ0n) is 10.5. The van der Waals surface area contributed by atoms with Gasteiger partial charge in [-0.15, -0.1) is 11.8 Å². The van der Waals surface area contributed by atoms with Crippen LogP contribution < -0.4 is 5.56 Å². The summed E-state index contributed by atoms with van der Waals surface area (Å²) in [4.78, 5) is 23.4. The maximum Gasteiger partial charge on any atom is 0.306 e. The van der Waals surface area contributed by atoms with E-state index in [-0.39, 0.29) is 28.2 Å². The molecule has 100 valence electrons. The Hall–Kier alpha value is -1.01. The van der Waals surface area contributed by atoms with E-state index in [9.17, 15) is 9.59 Å². The molecule has 0 N–H and O–H groups in total. The lowest BCUT2D eigenvalue weighted by Crippen LogP contribution is -2.20. The minimum Gasteiger partial charge on any atom is -0.466 e. The maximum atomic E-state index is 11.6. The molecule has 7 heteroatoms. The van der Waals surface area contributed by atoms with E-state index in [0.29, 0.717) is 11.5 Å². The van der Waals surface area contributed by atoms with Gasteiger partial charge in [-0.25, -0.2) is 4.68 Å². The van der Waals surface area contributed by atoms with Crippen LogP contribution >= 0.6 is 23.4 Å². The van der Waals surface area contributed by atoms with E-state index in [1.807, 2.05) is 6.92 Å². The number of esters is 1. The molecule has 0 saturated carbocycles. The molecule has 1 atom stereocenters. The van der Waals surface area contributed by atoms with Crippen LogP contribution in [0.3, 0.4) is 0 Å². The summed E-state index contributed by atoms with van der Waals surface area (Å²) in [6.45, 7) is 4.00. The van der Waals surface area contributed by atoms with Crippen LogP contribution in [0, 0.1) is 0 Å². The van der Waals surface area contributed by atoms with E-state index in [2.05, 4.69) is 5.10 Å². The van der Waals surface area contributed by atoms with Gasteiger partial charge in [-0.1, -0.05) is 18.5 Å². The third-order valence-electron chi connectivity index (χ3n) is 2.13. The highest BCUT2D eigenvalue weighted by Crippen LogP contribution is 2.28. The van der Waals surface area contributed by atoms with Crippen LogP contribution in [-0.4, -0.2) is 27.6 Å². The monoisotopic (exact) mass is 290 g/mol. The molecule has 1 unspecified atom stereocenters. The summed E-state index contributed by atoms with van der Waals surface area (Å²) in [5.41, 5.74) is -0.343. The molecule has 1 aromatic heterocycles. The van der Waals surface area contributed by atoms with Gasteiger partial charge in [-0.05, 0) is 6.92 Å². The molecule has 1 rings (SSSR count). The molecule has 0 aromatic carbocycles. The van der Waals surface area contributed by atoms with Crippen molar-refractivity contribution in [3.63, 3.8) is 0 Å². The van der Waals surface area contributed by atoms with Gasteiger partial charge < -0.3 is 4.74 Å². The quantitative estimate of drug-likeness (QED) is 0.612. The predicted molar refractivity (Wildman–Crippen MR) is 71.1 cm³/mol. The second kappa shape index (κ2) is 6.80. The number of hydrogen-bond acceptors (Lipinski definition) is 5. The zero-order valence-corrected chi connectivity index (χ0v) is 12.0. The number of aromatic nitrogens is 2. The van der Waals surface area contributed by atoms with Gasteiger partial charge in [-0.3, -0.25) is 9.59 Å². The van der Waals surface area contributed by atoms with Gasteiger partial charge in [0.05, 0.1) is 24.1 Å². The number of carbonyl (C=O) groups is 1. The Labute approximate surface area is 114 Å². The SMILES string of the molecule is CCOC(=O)CC(C)Sc1cnn(C)c(=O)c1Cl. The Morgan fingerprint density at radius 2 is 2.33 bits per heavy atom. The summed E-state index contributed by atoms with van der Waals surface area (Å²) < 4.78 is 6.03. The summed E-state index contributed by atoms with van der Waals surface area (Å²) in [6.07, 6.45) is 1.79. The number of ether oxygens (including phenoxy) is 1. The van der Waals surface area contributed by atoms with E-state index >= 15 is 0 Å². The third kappa shape index (κ3) is 4.03. The van der Waals surface area contributed by atoms with Crippen LogP contribution in [0.25, 0.3) is 0 Å². The number of thioether (sulfide) groups is 1. The van der Waals surface area contributed by atoms with Crippen molar-refractivity contribution in [1.82, 2.24) is 9.78 Å². The van der Waals surface area contributed by atoms with Crippen LogP contribution in [-0.2, 0) is 16.6 Å². The Kier molecular flexibility index (Phi) is 5.68. The van der Waals surface area contributed by atoms with Crippen LogP contribution in [0.4, 0.5) is 0 Å². The van der Waals surface area contributed by atoms with E-state index in [1.54, 1.807) is 6.92 Å². The highest BCUT2D eigenvalue weighted by Gasteiger charge is 2.15. The molecule has 0 radical (unpaired) electrons. The highest BCUT2D eigenvalue weighted by atomic mass is 35.5. The second-order valence-corrected chi connectivity index (χ2v) is 5.55. The van der Waals surface area contributed by atoms with Crippen LogP contribution in [0.2, 0.25) is 5.02 Å². The molecule has 0 fully saturated rings. The summed E-state index contributed by atoms with van der Waals surface area (Å²) >= 11 is 7.27. The summed E-state index contributed by atoms with van der Waals surface area (Å²) in [5, 5.41) is 3.99. The van der Waals surface area contributed by atoms with Crippen molar-refractivity contribution in [2.45, 2.75) is 30.4 Å². The van der Waals surface area contributed by atoms with Crippen molar-refractivity contribution in [1.29, 1.82) is 0 Å². The molecule has 18 heavy (non-hydrogen) atoms. The molecule has 0 aliphatic rings. The first-order valence-electron chi connectivity index (χ1n) is 5.49. The Balaban J connectivity index is 2.71. The van der Waals surface area contributed by atoms with Crippen LogP contribution in [0.5, 0.6) is 0 Å². The number of halogens is 1. The van der Waals surface area contributed by atoms with Gasteiger partial charge in [0, 0.05) is 12.3 Å². The summed E-state index contributed by atoms with van der Waals surface area (Å²) in [6, 6.07) is 0. The maximum absolute atomic E-state index is 11.6. The van der Waals surface area contributed by atoms with Gasteiger partial charge in [0.2, 0.25) is 0 Å².